The van der Waals surface area contributed by atoms with E-state index in [1.54, 1.807) is 0 Å². The van der Waals surface area contributed by atoms with E-state index < -0.39 is 0 Å². The Labute approximate surface area is 176 Å². The highest BCUT2D eigenvalue weighted by molar-refractivity contribution is 5.80. The number of piperidine rings is 1. The zero-order valence-electron chi connectivity index (χ0n) is 18.2. The highest BCUT2D eigenvalue weighted by atomic mass is 16.5. The second-order valence-electron chi connectivity index (χ2n) is 8.59. The minimum absolute atomic E-state index is 0.0823. The van der Waals surface area contributed by atoms with E-state index in [1.165, 1.54) is 4.90 Å². The Morgan fingerprint density at radius 1 is 1.27 bits per heavy atom. The maximum absolute atomic E-state index is 13.2. The molecule has 30 heavy (non-hydrogen) atoms. The van der Waals surface area contributed by atoms with Gasteiger partial charge in [-0.2, -0.15) is 0 Å². The largest absolute Gasteiger partial charge is 0.494 e. The Morgan fingerprint density at radius 3 is 2.73 bits per heavy atom. The van der Waals surface area contributed by atoms with Gasteiger partial charge in [0.2, 0.25) is 5.82 Å². The molecule has 1 aliphatic rings. The van der Waals surface area contributed by atoms with Gasteiger partial charge in [-0.15, -0.1) is 5.10 Å². The fraction of sp³-hybridized carbons (Fsp3) is 0.545. The fourth-order valence-electron chi connectivity index (χ4n) is 4.39. The van der Waals surface area contributed by atoms with Gasteiger partial charge in [0, 0.05) is 10.9 Å². The van der Waals surface area contributed by atoms with Gasteiger partial charge in [-0.3, -0.25) is 4.79 Å². The monoisotopic (exact) mass is 411 g/mol. The van der Waals surface area contributed by atoms with Crippen LogP contribution in [0, 0.1) is 5.92 Å². The lowest BCUT2D eigenvalue weighted by molar-refractivity contribution is -0.932. The van der Waals surface area contributed by atoms with E-state index in [4.69, 9.17) is 4.74 Å². The highest BCUT2D eigenvalue weighted by Crippen LogP contribution is 2.24. The number of H-pyrrole nitrogens is 1. The molecule has 2 aromatic heterocycles. The summed E-state index contributed by atoms with van der Waals surface area (Å²) in [5, 5.41) is 13.5. The highest BCUT2D eigenvalue weighted by Gasteiger charge is 2.36. The van der Waals surface area contributed by atoms with Crippen LogP contribution in [0.5, 0.6) is 5.75 Å². The van der Waals surface area contributed by atoms with Crippen LogP contribution in [0.4, 0.5) is 0 Å². The Bertz CT molecular complexity index is 1060. The van der Waals surface area contributed by atoms with Crippen molar-refractivity contribution in [1.29, 1.82) is 0 Å². The summed E-state index contributed by atoms with van der Waals surface area (Å²) in [6.45, 7) is 11.0. The topological polar surface area (TPSA) is 90.1 Å². The summed E-state index contributed by atoms with van der Waals surface area (Å²) in [5.74, 6) is 2.25. The van der Waals surface area contributed by atoms with Crippen LogP contribution in [0.1, 0.15) is 64.0 Å². The molecular weight excluding hydrogens is 380 g/mol. The first-order chi connectivity index (χ1) is 14.5. The summed E-state index contributed by atoms with van der Waals surface area (Å²) < 4.78 is 7.51. The molecule has 4 rings (SSSR count). The first kappa shape index (κ1) is 20.5. The minimum Gasteiger partial charge on any atom is -0.494 e. The standard InChI is InChI=1S/C22H30N6O2/c1-5-30-17-6-7-19-16(12-17)13-18(22(29)23-19)20(27-10-8-15(4)9-11-27)21-24-25-26-28(21)14(2)3/h6-7,12-15,20H,5,8-11H2,1-4H3,(H,23,29)/p+1/t20-/m0/s1. The van der Waals surface area contributed by atoms with Crippen molar-refractivity contribution < 1.29 is 9.64 Å². The van der Waals surface area contributed by atoms with Gasteiger partial charge in [-0.25, -0.2) is 4.68 Å². The molecule has 3 aromatic rings. The van der Waals surface area contributed by atoms with E-state index in [0.29, 0.717) is 18.1 Å². The van der Waals surface area contributed by atoms with Crippen molar-refractivity contribution in [2.75, 3.05) is 19.7 Å². The molecule has 1 aromatic carbocycles. The van der Waals surface area contributed by atoms with Crippen molar-refractivity contribution in [3.63, 3.8) is 0 Å². The molecule has 0 bridgehead atoms. The fourth-order valence-corrected chi connectivity index (χ4v) is 4.39. The van der Waals surface area contributed by atoms with Crippen molar-refractivity contribution >= 4 is 10.9 Å². The molecule has 2 N–H and O–H groups in total. The van der Waals surface area contributed by atoms with Crippen molar-refractivity contribution in [2.24, 2.45) is 5.92 Å². The van der Waals surface area contributed by atoms with Gasteiger partial charge in [0.25, 0.3) is 5.56 Å². The van der Waals surface area contributed by atoms with Gasteiger partial charge < -0.3 is 14.6 Å². The SMILES string of the molecule is CCOc1ccc2[nH]c(=O)c([C@@H](c3nnnn3C(C)C)[NH+]3CCC(C)CC3)cc2c1. The first-order valence-electron chi connectivity index (χ1n) is 10.9. The van der Waals surface area contributed by atoms with Crippen LogP contribution in [0.2, 0.25) is 0 Å². The molecule has 0 saturated carbocycles. The molecule has 0 amide bonds. The Balaban J connectivity index is 1.85. The second kappa shape index (κ2) is 8.55. The zero-order valence-corrected chi connectivity index (χ0v) is 18.2. The number of hydrogen-bond acceptors (Lipinski definition) is 5. The third-order valence-corrected chi connectivity index (χ3v) is 6.06. The quantitative estimate of drug-likeness (QED) is 0.647. The van der Waals surface area contributed by atoms with Crippen molar-refractivity contribution in [3.05, 3.63) is 46.0 Å². The lowest BCUT2D eigenvalue weighted by Crippen LogP contribution is -3.13. The molecular formula is C22H31N6O2+. The number of tetrazole rings is 1. The molecule has 0 unspecified atom stereocenters. The van der Waals surface area contributed by atoms with Crippen LogP contribution in [-0.2, 0) is 0 Å². The Hall–Kier alpha value is -2.74. The third-order valence-electron chi connectivity index (χ3n) is 6.06. The molecule has 1 aliphatic heterocycles. The van der Waals surface area contributed by atoms with Gasteiger partial charge in [-0.1, -0.05) is 6.92 Å². The van der Waals surface area contributed by atoms with E-state index in [9.17, 15) is 4.79 Å². The maximum atomic E-state index is 13.2. The number of nitrogens with one attached hydrogen (secondary N) is 2. The summed E-state index contributed by atoms with van der Waals surface area (Å²) in [6.07, 6.45) is 2.27. The average Bonchev–Trinajstić information content (AvgIpc) is 3.20. The normalized spacial score (nSPS) is 20.6. The number of nitrogens with zero attached hydrogens (tertiary/aromatic N) is 4. The van der Waals surface area contributed by atoms with Crippen molar-refractivity contribution in [2.45, 2.75) is 52.6 Å². The first-order valence-corrected chi connectivity index (χ1v) is 10.9. The van der Waals surface area contributed by atoms with Crippen LogP contribution in [0.15, 0.2) is 29.1 Å². The number of ether oxygens (including phenoxy) is 1. The number of aromatic nitrogens is 5. The molecule has 1 saturated heterocycles. The summed E-state index contributed by atoms with van der Waals surface area (Å²) in [6, 6.07) is 7.66. The predicted molar refractivity (Wildman–Crippen MR) is 115 cm³/mol. The number of benzene rings is 1. The van der Waals surface area contributed by atoms with E-state index in [0.717, 1.165) is 48.4 Å². The summed E-state index contributed by atoms with van der Waals surface area (Å²) in [7, 11) is 0. The average molecular weight is 412 g/mol. The summed E-state index contributed by atoms with van der Waals surface area (Å²) in [5.41, 5.74) is 1.43. The van der Waals surface area contributed by atoms with Crippen LogP contribution in [-0.4, -0.2) is 44.9 Å². The van der Waals surface area contributed by atoms with Crippen LogP contribution in [0.25, 0.3) is 10.9 Å². The molecule has 1 fully saturated rings. The maximum Gasteiger partial charge on any atom is 0.258 e. The lowest BCUT2D eigenvalue weighted by atomic mass is 9.95. The third kappa shape index (κ3) is 3.96. The number of quaternary nitrogens is 1. The molecule has 160 valence electrons. The van der Waals surface area contributed by atoms with Crippen molar-refractivity contribution in [3.8, 4) is 5.75 Å². The lowest BCUT2D eigenvalue weighted by Gasteiger charge is -2.33. The Kier molecular flexibility index (Phi) is 5.85. The number of hydrogen-bond donors (Lipinski definition) is 2. The molecule has 0 radical (unpaired) electrons. The van der Waals surface area contributed by atoms with Gasteiger partial charge in [-0.05, 0) is 74.2 Å². The number of rotatable bonds is 6. The number of likely N-dealkylation sites (tertiary alicyclic amines) is 1. The zero-order chi connectivity index (χ0) is 21.3. The molecule has 3 heterocycles. The number of fused-ring (bicyclic) bond motifs is 1. The van der Waals surface area contributed by atoms with Crippen LogP contribution < -0.4 is 15.2 Å². The minimum atomic E-state index is -0.209. The molecule has 0 aliphatic carbocycles. The molecule has 8 nitrogen and oxygen atoms in total. The van der Waals surface area contributed by atoms with Gasteiger partial charge >= 0.3 is 0 Å². The molecule has 8 heteroatoms. The smallest absolute Gasteiger partial charge is 0.258 e. The predicted octanol–water partition coefficient (Wildman–Crippen LogP) is 1.90. The van der Waals surface area contributed by atoms with E-state index in [-0.39, 0.29) is 17.6 Å². The van der Waals surface area contributed by atoms with E-state index in [2.05, 4.69) is 41.3 Å². The van der Waals surface area contributed by atoms with E-state index in [1.807, 2.05) is 35.9 Å². The Morgan fingerprint density at radius 2 is 2.03 bits per heavy atom. The van der Waals surface area contributed by atoms with Gasteiger partial charge in [0.15, 0.2) is 6.04 Å². The number of pyridine rings is 1. The van der Waals surface area contributed by atoms with Gasteiger partial charge in [0.05, 0.1) is 31.3 Å². The van der Waals surface area contributed by atoms with Gasteiger partial charge in [0.1, 0.15) is 5.75 Å². The summed E-state index contributed by atoms with van der Waals surface area (Å²) in [4.78, 5) is 17.6. The van der Waals surface area contributed by atoms with Crippen molar-refractivity contribution in [1.82, 2.24) is 25.2 Å². The van der Waals surface area contributed by atoms with Crippen LogP contribution >= 0.6 is 0 Å². The summed E-state index contributed by atoms with van der Waals surface area (Å²) >= 11 is 0. The molecule has 1 atom stereocenters. The van der Waals surface area contributed by atoms with E-state index >= 15 is 0 Å². The van der Waals surface area contributed by atoms with Crippen LogP contribution in [0.3, 0.4) is 0 Å². The second-order valence-corrected chi connectivity index (χ2v) is 8.59. The number of aromatic amines is 1. The molecule has 0 spiro atoms.